The molecule has 0 atom stereocenters. The van der Waals surface area contributed by atoms with Gasteiger partial charge in [-0.1, -0.05) is 54.2 Å². The first-order chi connectivity index (χ1) is 14.2. The van der Waals surface area contributed by atoms with E-state index in [2.05, 4.69) is 9.71 Å². The number of nitrogens with one attached hydrogen (secondary N) is 2. The number of anilines is 1. The second-order valence-corrected chi connectivity index (χ2v) is 7.16. The summed E-state index contributed by atoms with van der Waals surface area (Å²) in [6.45, 7) is 0. The maximum absolute atomic E-state index is 12.3. The van der Waals surface area contributed by atoms with E-state index in [1.54, 1.807) is 6.20 Å². The molecule has 2 heterocycles. The van der Waals surface area contributed by atoms with Crippen molar-refractivity contribution in [3.63, 3.8) is 0 Å². The third-order valence-electron chi connectivity index (χ3n) is 4.95. The summed E-state index contributed by atoms with van der Waals surface area (Å²) in [5.41, 5.74) is 9.92. The lowest BCUT2D eigenvalue weighted by Gasteiger charge is -2.09. The molecule has 3 aromatic carbocycles. The smallest absolute Gasteiger partial charge is 0.255 e. The maximum atomic E-state index is 12.3. The van der Waals surface area contributed by atoms with Gasteiger partial charge in [0.1, 0.15) is 11.3 Å². The number of H-pyrrole nitrogens is 1. The highest BCUT2D eigenvalue weighted by molar-refractivity contribution is 7.89. The molecule has 4 nitrogen and oxygen atoms in total. The molecule has 2 N–H and O–H groups in total. The van der Waals surface area contributed by atoms with Crippen molar-refractivity contribution < 1.29 is 4.42 Å². The largest absolute Gasteiger partial charge is 0.455 e. The number of aromatic amines is 1. The van der Waals surface area contributed by atoms with Crippen LogP contribution in [0.15, 0.2) is 88.2 Å². The van der Waals surface area contributed by atoms with Gasteiger partial charge in [0.15, 0.2) is 0 Å². The van der Waals surface area contributed by atoms with Crippen molar-refractivity contribution >= 4 is 38.8 Å². The molecular weight excluding hydrogens is 380 g/mol. The maximum Gasteiger partial charge on any atom is 0.255 e. The van der Waals surface area contributed by atoms with Crippen LogP contribution >= 0.6 is 11.4 Å². The molecule has 0 unspecified atom stereocenters. The van der Waals surface area contributed by atoms with Crippen LogP contribution in [-0.4, -0.2) is 4.98 Å². The Kier molecular flexibility index (Phi) is 4.17. The lowest BCUT2D eigenvalue weighted by Crippen LogP contribution is -2.05. The van der Waals surface area contributed by atoms with Gasteiger partial charge in [-0.15, -0.1) is 0 Å². The minimum atomic E-state index is -0.114. The van der Waals surface area contributed by atoms with Crippen molar-refractivity contribution in [3.8, 4) is 28.1 Å². The second kappa shape index (κ2) is 6.99. The first kappa shape index (κ1) is 17.3. The van der Waals surface area contributed by atoms with Crippen LogP contribution in [0.5, 0.6) is 0 Å². The summed E-state index contributed by atoms with van der Waals surface area (Å²) in [5.74, 6) is 0.785. The van der Waals surface area contributed by atoms with Crippen LogP contribution in [0.4, 0.5) is 5.69 Å². The molecule has 0 aliphatic carbocycles. The zero-order chi connectivity index (χ0) is 19.8. The summed E-state index contributed by atoms with van der Waals surface area (Å²) < 4.78 is 9.39. The Morgan fingerprint density at radius 2 is 1.66 bits per heavy atom. The quantitative estimate of drug-likeness (QED) is 0.354. The molecule has 5 aromatic rings. The Balaban J connectivity index is 1.84. The Bertz CT molecular complexity index is 1460. The van der Waals surface area contributed by atoms with Crippen LogP contribution < -0.4 is 10.3 Å². The fourth-order valence-corrected chi connectivity index (χ4v) is 3.91. The van der Waals surface area contributed by atoms with E-state index in [9.17, 15) is 4.79 Å². The molecule has 0 fully saturated rings. The summed E-state index contributed by atoms with van der Waals surface area (Å²) in [7, 11) is 0. The van der Waals surface area contributed by atoms with Gasteiger partial charge < -0.3 is 14.1 Å². The van der Waals surface area contributed by atoms with E-state index in [0.29, 0.717) is 5.39 Å². The summed E-state index contributed by atoms with van der Waals surface area (Å²) in [5, 5.41) is 2.46. The number of pyridine rings is 1. The van der Waals surface area contributed by atoms with Crippen LogP contribution in [-0.2, 0) is 0 Å². The zero-order valence-corrected chi connectivity index (χ0v) is 16.1. The molecule has 0 radical (unpaired) electrons. The van der Waals surface area contributed by atoms with Crippen molar-refractivity contribution in [2.75, 3.05) is 4.72 Å². The van der Waals surface area contributed by atoms with E-state index in [-0.39, 0.29) is 5.56 Å². The third-order valence-corrected chi connectivity index (χ3v) is 5.30. The van der Waals surface area contributed by atoms with Crippen LogP contribution in [0.25, 0.3) is 44.2 Å². The number of furan rings is 1. The fourth-order valence-electron chi connectivity index (χ4n) is 3.66. The lowest BCUT2D eigenvalue weighted by molar-refractivity contribution is 0.632. The molecule has 5 rings (SSSR count). The Labute approximate surface area is 170 Å². The first-order valence-corrected chi connectivity index (χ1v) is 9.98. The highest BCUT2D eigenvalue weighted by Crippen LogP contribution is 2.39. The predicted octanol–water partition coefficient (Wildman–Crippen LogP) is 6.26. The van der Waals surface area contributed by atoms with Gasteiger partial charge in [-0.3, -0.25) is 4.79 Å². The van der Waals surface area contributed by atoms with Gasteiger partial charge >= 0.3 is 0 Å². The normalized spacial score (nSPS) is 11.0. The Morgan fingerprint density at radius 3 is 2.45 bits per heavy atom. The summed E-state index contributed by atoms with van der Waals surface area (Å²) in [6.07, 6.45) is 1.74. The fraction of sp³-hybridized carbons (Fsp3) is 0. The van der Waals surface area contributed by atoms with Gasteiger partial charge in [-0.05, 0) is 41.0 Å². The van der Waals surface area contributed by atoms with Gasteiger partial charge in [0.2, 0.25) is 0 Å². The van der Waals surface area contributed by atoms with E-state index >= 15 is 0 Å². The van der Waals surface area contributed by atoms with E-state index in [1.165, 1.54) is 0 Å². The summed E-state index contributed by atoms with van der Waals surface area (Å²) in [6, 6.07) is 23.5. The number of hydrogen-bond donors (Lipinski definition) is 2. The predicted molar refractivity (Wildman–Crippen MR) is 121 cm³/mol. The summed E-state index contributed by atoms with van der Waals surface area (Å²) >= 11 is 1.04. The van der Waals surface area contributed by atoms with Crippen molar-refractivity contribution in [3.05, 3.63) is 89.3 Å². The van der Waals surface area contributed by atoms with Crippen molar-refractivity contribution in [1.82, 2.24) is 4.98 Å². The number of rotatable bonds is 3. The van der Waals surface area contributed by atoms with Gasteiger partial charge in [0, 0.05) is 39.3 Å². The van der Waals surface area contributed by atoms with Gasteiger partial charge in [0.25, 0.3) is 5.56 Å². The Hall–Kier alpha value is -3.79. The van der Waals surface area contributed by atoms with Gasteiger partial charge in [-0.25, -0.2) is 0 Å². The van der Waals surface area contributed by atoms with Crippen molar-refractivity contribution in [2.24, 2.45) is 0 Å². The molecule has 0 aliphatic heterocycles. The lowest BCUT2D eigenvalue weighted by atomic mass is 9.99. The van der Waals surface area contributed by atoms with Crippen LogP contribution in [0, 0.1) is 5.69 Å². The van der Waals surface area contributed by atoms with Gasteiger partial charge in [-0.2, -0.15) is 0 Å². The average Bonchev–Trinajstić information content (AvgIpc) is 3.19. The molecule has 2 aromatic heterocycles. The molecule has 5 heteroatoms. The number of benzene rings is 3. The summed E-state index contributed by atoms with van der Waals surface area (Å²) in [4.78, 5) is 15.1. The average molecular weight is 396 g/mol. The van der Waals surface area contributed by atoms with Crippen molar-refractivity contribution in [2.45, 2.75) is 0 Å². The molecule has 0 saturated carbocycles. The molecule has 0 saturated heterocycles. The molecule has 29 heavy (non-hydrogen) atoms. The zero-order valence-electron chi connectivity index (χ0n) is 15.3. The van der Waals surface area contributed by atoms with E-state index in [0.717, 1.165) is 55.8 Å². The molecule has 0 aliphatic rings. The molecule has 0 bridgehead atoms. The topological polar surface area (TPSA) is 58.0 Å². The second-order valence-electron chi connectivity index (χ2n) is 6.72. The highest BCUT2D eigenvalue weighted by Gasteiger charge is 2.16. The van der Waals surface area contributed by atoms with Crippen LogP contribution in [0.2, 0.25) is 0 Å². The van der Waals surface area contributed by atoms with Gasteiger partial charge in [0.05, 0.1) is 0 Å². The molecular formula is C24H16N2O2S. The Morgan fingerprint density at radius 1 is 0.897 bits per heavy atom. The minimum Gasteiger partial charge on any atom is -0.455 e. The third kappa shape index (κ3) is 2.99. The monoisotopic (exact) mass is 396 g/mol. The highest BCUT2D eigenvalue weighted by atomic mass is 32.1. The van der Waals surface area contributed by atoms with Crippen molar-refractivity contribution in [1.29, 1.82) is 0 Å². The SMILES string of the molecule is C#SNc1cc(-c2c[nH]c(=O)c3ccccc23)c2oc(-c3ccccc3)cc2c1. The van der Waals surface area contributed by atoms with E-state index in [4.69, 9.17) is 10.1 Å². The molecule has 140 valence electrons. The van der Waals surface area contributed by atoms with E-state index < -0.39 is 0 Å². The minimum absolute atomic E-state index is 0.114. The molecule has 0 spiro atoms. The standard InChI is InChI=1S/C24H16N2O2S/c1-29-26-17-11-16-12-22(15-7-3-2-4-8-15)28-23(16)20(13-17)21-14-25-24(27)19-10-6-5-9-18(19)21/h1-14,26H,(H,25,27). The van der Waals surface area contributed by atoms with E-state index in [1.807, 2.05) is 72.8 Å². The first-order valence-electron chi connectivity index (χ1n) is 9.10. The number of hydrogen-bond acceptors (Lipinski definition) is 3. The number of fused-ring (bicyclic) bond motifs is 2. The number of aromatic nitrogens is 1. The van der Waals surface area contributed by atoms with Crippen LogP contribution in [0.3, 0.4) is 0 Å². The van der Waals surface area contributed by atoms with Crippen LogP contribution in [0.1, 0.15) is 0 Å². The molecule has 0 amide bonds.